The Hall–Kier alpha value is -2.36. The topological polar surface area (TPSA) is 84.4 Å². The van der Waals surface area contributed by atoms with Crippen LogP contribution in [0.2, 0.25) is 0 Å². The third-order valence-corrected chi connectivity index (χ3v) is 9.02. The lowest BCUT2D eigenvalue weighted by Gasteiger charge is -2.35. The van der Waals surface area contributed by atoms with Crippen LogP contribution in [0.5, 0.6) is 0 Å². The lowest BCUT2D eigenvalue weighted by molar-refractivity contribution is -0.140. The van der Waals surface area contributed by atoms with Gasteiger partial charge in [-0.2, -0.15) is 0 Å². The molecule has 2 aliphatic heterocycles. The molecule has 1 N–H and O–H groups in total. The average Bonchev–Trinajstić information content (AvgIpc) is 3.61. The van der Waals surface area contributed by atoms with E-state index in [0.717, 1.165) is 63.9 Å². The molecule has 3 aromatic rings. The Balaban J connectivity index is 1.41. The van der Waals surface area contributed by atoms with Crippen LogP contribution in [0, 0.1) is 11.8 Å². The van der Waals surface area contributed by atoms with Gasteiger partial charge < -0.3 is 15.0 Å². The Morgan fingerprint density at radius 3 is 2.78 bits per heavy atom. The van der Waals surface area contributed by atoms with Gasteiger partial charge in [0.25, 0.3) is 0 Å². The van der Waals surface area contributed by atoms with Gasteiger partial charge in [-0.1, -0.05) is 32.0 Å². The summed E-state index contributed by atoms with van der Waals surface area (Å²) in [5.41, 5.74) is 2.83. The fourth-order valence-corrected chi connectivity index (χ4v) is 6.68. The van der Waals surface area contributed by atoms with Gasteiger partial charge in [0, 0.05) is 42.0 Å². The molecular formula is C28H33BrN4O3S. The van der Waals surface area contributed by atoms with Crippen molar-refractivity contribution >= 4 is 50.0 Å². The van der Waals surface area contributed by atoms with Crippen molar-refractivity contribution in [1.29, 1.82) is 0 Å². The van der Waals surface area contributed by atoms with E-state index in [1.54, 1.807) is 11.3 Å². The number of likely N-dealkylation sites (tertiary alicyclic amines) is 1. The van der Waals surface area contributed by atoms with Gasteiger partial charge in [-0.25, -0.2) is 9.97 Å². The molecule has 2 amide bonds. The highest BCUT2D eigenvalue weighted by molar-refractivity contribution is 9.10. The smallest absolute Gasteiger partial charge is 0.246 e. The second-order valence-electron chi connectivity index (χ2n) is 10.0. The molecule has 4 heterocycles. The maximum Gasteiger partial charge on any atom is 0.246 e. The van der Waals surface area contributed by atoms with Crippen LogP contribution in [0.4, 0.5) is 0 Å². The van der Waals surface area contributed by atoms with Gasteiger partial charge in [-0.3, -0.25) is 9.59 Å². The molecule has 2 aromatic heterocycles. The van der Waals surface area contributed by atoms with Crippen LogP contribution in [0.1, 0.15) is 57.0 Å². The summed E-state index contributed by atoms with van der Waals surface area (Å²) >= 11 is 5.14. The number of hydrogen-bond donors (Lipinski definition) is 1. The molecule has 3 atom stereocenters. The van der Waals surface area contributed by atoms with Gasteiger partial charge in [-0.15, -0.1) is 11.3 Å². The Morgan fingerprint density at radius 2 is 2.00 bits per heavy atom. The van der Waals surface area contributed by atoms with E-state index in [-0.39, 0.29) is 29.7 Å². The van der Waals surface area contributed by atoms with Crippen molar-refractivity contribution in [3.63, 3.8) is 0 Å². The number of carbonyl (C=O) groups excluding carboxylic acids is 2. The molecule has 0 spiro atoms. The zero-order chi connectivity index (χ0) is 25.9. The van der Waals surface area contributed by atoms with E-state index in [2.05, 4.69) is 37.7 Å². The number of thiazole rings is 1. The van der Waals surface area contributed by atoms with Crippen LogP contribution in [0.3, 0.4) is 0 Å². The van der Waals surface area contributed by atoms with Crippen molar-refractivity contribution < 1.29 is 14.3 Å². The molecule has 2 fully saturated rings. The summed E-state index contributed by atoms with van der Waals surface area (Å²) in [5.74, 6) is -0.0712. The number of ether oxygens (including phenoxy) is 1. The number of benzene rings is 1. The second kappa shape index (κ2) is 11.6. The summed E-state index contributed by atoms with van der Waals surface area (Å²) in [4.78, 5) is 38.4. The molecule has 2 aliphatic rings. The zero-order valence-electron chi connectivity index (χ0n) is 21.3. The van der Waals surface area contributed by atoms with E-state index in [9.17, 15) is 9.59 Å². The number of aromatic nitrogens is 2. The predicted octanol–water partition coefficient (Wildman–Crippen LogP) is 5.74. The summed E-state index contributed by atoms with van der Waals surface area (Å²) in [6.45, 7) is 5.85. The highest BCUT2D eigenvalue weighted by atomic mass is 79.9. The second-order valence-corrected chi connectivity index (χ2v) is 11.7. The standard InChI is InChI=1S/C28H33BrN4O3S/c1-3-17(2)26(34)32-25(18-10-13-36-14-11-18)28(35)33-12-6-9-23(33)27-31-22(16-37-27)20-15-24(29)30-21-8-5-4-7-19(20)21/h4-5,7-8,15-18,23,25H,3,6,9-14H2,1-2H3,(H,32,34)/t17-,23+,25+/m1/s1. The molecule has 7 nitrogen and oxygen atoms in total. The van der Waals surface area contributed by atoms with E-state index >= 15 is 0 Å². The van der Waals surface area contributed by atoms with Gasteiger partial charge >= 0.3 is 0 Å². The Morgan fingerprint density at radius 1 is 1.22 bits per heavy atom. The molecule has 9 heteroatoms. The number of carbonyl (C=O) groups is 2. The Bertz CT molecular complexity index is 1280. The SMILES string of the molecule is CC[C@@H](C)C(=O)N[C@H](C(=O)N1CCC[C@H]1c1nc(-c2cc(Br)nc3ccccc23)cs1)C1CCOCC1. The minimum atomic E-state index is -0.523. The van der Waals surface area contributed by atoms with Gasteiger partial charge in [0.2, 0.25) is 11.8 Å². The summed E-state index contributed by atoms with van der Waals surface area (Å²) in [6.07, 6.45) is 4.10. The van der Waals surface area contributed by atoms with Crippen LogP contribution in [-0.2, 0) is 14.3 Å². The van der Waals surface area contributed by atoms with Crippen LogP contribution in [-0.4, -0.2) is 52.5 Å². The molecule has 0 unspecified atom stereocenters. The maximum absolute atomic E-state index is 14.0. The van der Waals surface area contributed by atoms with Crippen LogP contribution in [0.25, 0.3) is 22.2 Å². The predicted molar refractivity (Wildman–Crippen MR) is 149 cm³/mol. The van der Waals surface area contributed by atoms with Crippen molar-refractivity contribution in [2.24, 2.45) is 11.8 Å². The monoisotopic (exact) mass is 584 g/mol. The molecule has 37 heavy (non-hydrogen) atoms. The quantitative estimate of drug-likeness (QED) is 0.358. The van der Waals surface area contributed by atoms with Crippen molar-refractivity contribution in [3.05, 3.63) is 45.3 Å². The summed E-state index contributed by atoms with van der Waals surface area (Å²) in [5, 5.41) is 7.19. The van der Waals surface area contributed by atoms with E-state index in [1.165, 1.54) is 0 Å². The van der Waals surface area contributed by atoms with Crippen LogP contribution >= 0.6 is 27.3 Å². The van der Waals surface area contributed by atoms with Crippen molar-refractivity contribution in [3.8, 4) is 11.3 Å². The molecule has 2 saturated heterocycles. The molecular weight excluding hydrogens is 552 g/mol. The molecule has 0 radical (unpaired) electrons. The van der Waals surface area contributed by atoms with E-state index in [0.29, 0.717) is 19.8 Å². The minimum Gasteiger partial charge on any atom is -0.381 e. The number of para-hydroxylation sites is 1. The van der Waals surface area contributed by atoms with E-state index in [1.807, 2.05) is 43.0 Å². The first kappa shape index (κ1) is 26.3. The number of halogens is 1. The maximum atomic E-state index is 14.0. The van der Waals surface area contributed by atoms with Crippen LogP contribution < -0.4 is 5.32 Å². The third-order valence-electron chi connectivity index (χ3n) is 7.66. The van der Waals surface area contributed by atoms with Gasteiger partial charge in [0.05, 0.1) is 17.3 Å². The number of nitrogens with zero attached hydrogens (tertiary/aromatic N) is 3. The number of hydrogen-bond acceptors (Lipinski definition) is 6. The number of amides is 2. The summed E-state index contributed by atoms with van der Waals surface area (Å²) in [7, 11) is 0. The lowest BCUT2D eigenvalue weighted by Crippen LogP contribution is -2.54. The van der Waals surface area contributed by atoms with Crippen LogP contribution in [0.15, 0.2) is 40.3 Å². The summed E-state index contributed by atoms with van der Waals surface area (Å²) in [6, 6.07) is 9.46. The van der Waals surface area contributed by atoms with E-state index < -0.39 is 6.04 Å². The largest absolute Gasteiger partial charge is 0.381 e. The van der Waals surface area contributed by atoms with Crippen molar-refractivity contribution in [2.45, 2.75) is 58.0 Å². The zero-order valence-corrected chi connectivity index (χ0v) is 23.7. The van der Waals surface area contributed by atoms with Gasteiger partial charge in [-0.05, 0) is 66.1 Å². The van der Waals surface area contributed by atoms with Crippen molar-refractivity contribution in [2.75, 3.05) is 19.8 Å². The normalized spacial score (nSPS) is 20.2. The number of pyridine rings is 1. The fourth-order valence-electron chi connectivity index (χ4n) is 5.30. The van der Waals surface area contributed by atoms with E-state index in [4.69, 9.17) is 9.72 Å². The van der Waals surface area contributed by atoms with Gasteiger partial charge in [0.1, 0.15) is 15.7 Å². The van der Waals surface area contributed by atoms with Gasteiger partial charge in [0.15, 0.2) is 0 Å². The number of rotatable bonds is 7. The summed E-state index contributed by atoms with van der Waals surface area (Å²) < 4.78 is 6.32. The Labute approximate surface area is 230 Å². The highest BCUT2D eigenvalue weighted by Crippen LogP contribution is 2.38. The molecule has 0 saturated carbocycles. The minimum absolute atomic E-state index is 0.0138. The average molecular weight is 586 g/mol. The first-order valence-corrected chi connectivity index (χ1v) is 14.8. The fraction of sp³-hybridized carbons (Fsp3) is 0.500. The molecule has 196 valence electrons. The first-order chi connectivity index (χ1) is 18.0. The Kier molecular flexibility index (Phi) is 8.21. The molecule has 0 aliphatic carbocycles. The molecule has 0 bridgehead atoms. The third kappa shape index (κ3) is 5.59. The highest BCUT2D eigenvalue weighted by Gasteiger charge is 2.40. The lowest BCUT2D eigenvalue weighted by atomic mass is 9.90. The molecule has 5 rings (SSSR count). The molecule has 1 aromatic carbocycles. The first-order valence-electron chi connectivity index (χ1n) is 13.2. The number of nitrogens with one attached hydrogen (secondary N) is 1. The van der Waals surface area contributed by atoms with Crippen molar-refractivity contribution in [1.82, 2.24) is 20.2 Å². The number of fused-ring (bicyclic) bond motifs is 1.